The third-order valence-electron chi connectivity index (χ3n) is 4.76. The van der Waals surface area contributed by atoms with Gasteiger partial charge in [-0.05, 0) is 60.2 Å². The van der Waals surface area contributed by atoms with Crippen molar-refractivity contribution in [3.63, 3.8) is 0 Å². The van der Waals surface area contributed by atoms with E-state index in [2.05, 4.69) is 4.99 Å². The third kappa shape index (κ3) is 3.21. The number of fused-ring (bicyclic) bond motifs is 1. The van der Waals surface area contributed by atoms with Crippen LogP contribution in [0.5, 0.6) is 11.5 Å². The molecule has 2 aliphatic heterocycles. The van der Waals surface area contributed by atoms with E-state index < -0.39 is 5.82 Å². The predicted molar refractivity (Wildman–Crippen MR) is 112 cm³/mol. The zero-order valence-electron chi connectivity index (χ0n) is 15.5. The molecule has 0 N–H and O–H groups in total. The molecule has 0 saturated heterocycles. The van der Waals surface area contributed by atoms with Crippen LogP contribution in [-0.4, -0.2) is 18.5 Å². The summed E-state index contributed by atoms with van der Waals surface area (Å²) in [5, 5.41) is 0.459. The van der Waals surface area contributed by atoms with Gasteiger partial charge in [-0.3, -0.25) is 9.69 Å². The van der Waals surface area contributed by atoms with E-state index in [1.54, 1.807) is 36.4 Å². The number of nitrogens with zero attached hydrogens (tertiary/aromatic N) is 2. The van der Waals surface area contributed by atoms with Gasteiger partial charge in [-0.1, -0.05) is 29.8 Å². The van der Waals surface area contributed by atoms with Crippen LogP contribution in [-0.2, 0) is 4.79 Å². The van der Waals surface area contributed by atoms with Crippen molar-refractivity contribution in [2.75, 3.05) is 11.7 Å². The SMILES string of the molecule is O=C1/C(=C\c2ccc3c(c2)OCO3)N=C(c2ccccc2Cl)N1c1ccc(F)cc1. The molecule has 3 aromatic rings. The molecule has 7 heteroatoms. The van der Waals surface area contributed by atoms with Gasteiger partial charge in [-0.15, -0.1) is 0 Å². The number of carbonyl (C=O) groups is 1. The van der Waals surface area contributed by atoms with Crippen molar-refractivity contribution in [1.29, 1.82) is 0 Å². The first kappa shape index (κ1) is 18.4. The number of benzene rings is 3. The number of aliphatic imine (C=N–C) groups is 1. The minimum atomic E-state index is -0.391. The molecule has 30 heavy (non-hydrogen) atoms. The number of hydrogen-bond donors (Lipinski definition) is 0. The number of ether oxygens (including phenoxy) is 2. The van der Waals surface area contributed by atoms with Gasteiger partial charge in [0, 0.05) is 5.56 Å². The summed E-state index contributed by atoms with van der Waals surface area (Å²) in [6.07, 6.45) is 1.67. The Kier molecular flexibility index (Phi) is 4.48. The Bertz CT molecular complexity index is 1220. The molecule has 0 bridgehead atoms. The van der Waals surface area contributed by atoms with Crippen LogP contribution in [0, 0.1) is 5.82 Å². The van der Waals surface area contributed by atoms with E-state index in [0.29, 0.717) is 33.6 Å². The van der Waals surface area contributed by atoms with Gasteiger partial charge in [0.15, 0.2) is 11.5 Å². The van der Waals surface area contributed by atoms with Crippen molar-refractivity contribution in [3.05, 3.63) is 94.4 Å². The highest BCUT2D eigenvalue weighted by Gasteiger charge is 2.33. The van der Waals surface area contributed by atoms with Gasteiger partial charge >= 0.3 is 0 Å². The predicted octanol–water partition coefficient (Wildman–Crippen LogP) is 5.04. The van der Waals surface area contributed by atoms with Crippen molar-refractivity contribution in [3.8, 4) is 11.5 Å². The number of amidine groups is 1. The molecule has 1 amide bonds. The fourth-order valence-corrected chi connectivity index (χ4v) is 3.55. The van der Waals surface area contributed by atoms with Crippen molar-refractivity contribution in [2.24, 2.45) is 4.99 Å². The highest BCUT2D eigenvalue weighted by atomic mass is 35.5. The van der Waals surface area contributed by atoms with Crippen molar-refractivity contribution < 1.29 is 18.7 Å². The molecule has 0 unspecified atom stereocenters. The van der Waals surface area contributed by atoms with Gasteiger partial charge in [0.05, 0.1) is 10.7 Å². The zero-order valence-corrected chi connectivity index (χ0v) is 16.3. The maximum atomic E-state index is 13.4. The molecule has 0 aromatic heterocycles. The number of anilines is 1. The Morgan fingerprint density at radius 3 is 2.57 bits per heavy atom. The lowest BCUT2D eigenvalue weighted by atomic mass is 10.1. The van der Waals surface area contributed by atoms with Crippen molar-refractivity contribution in [1.82, 2.24) is 0 Å². The third-order valence-corrected chi connectivity index (χ3v) is 5.09. The van der Waals surface area contributed by atoms with E-state index in [9.17, 15) is 9.18 Å². The van der Waals surface area contributed by atoms with Crippen LogP contribution in [0.4, 0.5) is 10.1 Å². The van der Waals surface area contributed by atoms with E-state index in [1.807, 2.05) is 12.1 Å². The maximum Gasteiger partial charge on any atom is 0.282 e. The average Bonchev–Trinajstić information content (AvgIpc) is 3.34. The normalized spacial score (nSPS) is 16.3. The molecule has 0 atom stereocenters. The molecule has 2 aliphatic rings. The summed E-state index contributed by atoms with van der Waals surface area (Å²) >= 11 is 6.37. The van der Waals surface area contributed by atoms with Crippen LogP contribution >= 0.6 is 11.6 Å². The molecule has 148 valence electrons. The van der Waals surface area contributed by atoms with Gasteiger partial charge < -0.3 is 9.47 Å². The molecular formula is C23H14ClFN2O3. The summed E-state index contributed by atoms with van der Waals surface area (Å²) in [5.41, 5.74) is 2.07. The minimum absolute atomic E-state index is 0.168. The van der Waals surface area contributed by atoms with Gasteiger partial charge in [-0.2, -0.15) is 0 Å². The molecular weight excluding hydrogens is 407 g/mol. The van der Waals surface area contributed by atoms with E-state index in [4.69, 9.17) is 21.1 Å². The van der Waals surface area contributed by atoms with E-state index >= 15 is 0 Å². The second-order valence-corrected chi connectivity index (χ2v) is 7.08. The Labute approximate surface area is 176 Å². The van der Waals surface area contributed by atoms with E-state index in [-0.39, 0.29) is 18.4 Å². The lowest BCUT2D eigenvalue weighted by Crippen LogP contribution is -2.32. The average molecular weight is 421 g/mol. The van der Waals surface area contributed by atoms with Crippen LogP contribution in [0.1, 0.15) is 11.1 Å². The minimum Gasteiger partial charge on any atom is -0.454 e. The van der Waals surface area contributed by atoms with Crippen molar-refractivity contribution >= 4 is 35.1 Å². The topological polar surface area (TPSA) is 51.1 Å². The lowest BCUT2D eigenvalue weighted by molar-refractivity contribution is -0.113. The molecule has 0 spiro atoms. The molecule has 0 fully saturated rings. The second-order valence-electron chi connectivity index (χ2n) is 6.67. The molecule has 3 aromatic carbocycles. The highest BCUT2D eigenvalue weighted by Crippen LogP contribution is 2.34. The standard InChI is InChI=1S/C23H14ClFN2O3/c24-18-4-2-1-3-17(18)22-26-19(11-14-5-10-20-21(12-14)30-13-29-20)23(28)27(22)16-8-6-15(25)7-9-16/h1-12H,13H2/b19-11+. The fourth-order valence-electron chi connectivity index (χ4n) is 3.33. The van der Waals surface area contributed by atoms with Gasteiger partial charge in [0.2, 0.25) is 6.79 Å². The summed E-state index contributed by atoms with van der Waals surface area (Å²) in [4.78, 5) is 19.3. The van der Waals surface area contributed by atoms with Gasteiger partial charge in [0.1, 0.15) is 17.3 Å². The van der Waals surface area contributed by atoms with Crippen LogP contribution in [0.3, 0.4) is 0 Å². The Balaban J connectivity index is 1.61. The second kappa shape index (κ2) is 7.31. The quantitative estimate of drug-likeness (QED) is 0.558. The lowest BCUT2D eigenvalue weighted by Gasteiger charge is -2.19. The van der Waals surface area contributed by atoms with Crippen LogP contribution in [0.2, 0.25) is 5.02 Å². The van der Waals surface area contributed by atoms with Crippen LogP contribution < -0.4 is 14.4 Å². The van der Waals surface area contributed by atoms with Crippen LogP contribution in [0.15, 0.2) is 77.4 Å². The summed E-state index contributed by atoms with van der Waals surface area (Å²) in [6.45, 7) is 0.168. The largest absolute Gasteiger partial charge is 0.454 e. The summed E-state index contributed by atoms with van der Waals surface area (Å²) < 4.78 is 24.2. The Hall–Kier alpha value is -3.64. The Morgan fingerprint density at radius 2 is 1.77 bits per heavy atom. The van der Waals surface area contributed by atoms with E-state index in [1.165, 1.54) is 29.2 Å². The number of rotatable bonds is 3. The monoisotopic (exact) mass is 420 g/mol. The first-order valence-electron chi connectivity index (χ1n) is 9.15. The van der Waals surface area contributed by atoms with Crippen molar-refractivity contribution in [2.45, 2.75) is 0 Å². The molecule has 0 aliphatic carbocycles. The summed E-state index contributed by atoms with van der Waals surface area (Å²) in [7, 11) is 0. The number of hydrogen-bond acceptors (Lipinski definition) is 4. The van der Waals surface area contributed by atoms with Crippen LogP contribution in [0.25, 0.3) is 6.08 Å². The van der Waals surface area contributed by atoms with Gasteiger partial charge in [-0.25, -0.2) is 9.38 Å². The molecule has 0 saturated carbocycles. The van der Waals surface area contributed by atoms with Gasteiger partial charge in [0.25, 0.3) is 5.91 Å². The van der Waals surface area contributed by atoms with E-state index in [0.717, 1.165) is 5.56 Å². The highest BCUT2D eigenvalue weighted by molar-refractivity contribution is 6.39. The molecule has 5 rings (SSSR count). The zero-order chi connectivity index (χ0) is 20.7. The first-order valence-corrected chi connectivity index (χ1v) is 9.53. The molecule has 2 heterocycles. The first-order chi connectivity index (χ1) is 14.6. The Morgan fingerprint density at radius 1 is 1.00 bits per heavy atom. The maximum absolute atomic E-state index is 13.4. The number of carbonyl (C=O) groups excluding carboxylic acids is 1. The number of halogens is 2. The summed E-state index contributed by atoms with van der Waals surface area (Å²) in [6, 6.07) is 18.2. The smallest absolute Gasteiger partial charge is 0.282 e. The summed E-state index contributed by atoms with van der Waals surface area (Å²) in [5.74, 6) is 0.916. The molecule has 5 nitrogen and oxygen atoms in total. The fraction of sp³-hybridized carbons (Fsp3) is 0.0435. The molecule has 0 radical (unpaired) electrons. The number of amides is 1.